The molecule has 1 N–H and O–H groups in total. The molecule has 1 atom stereocenters. The highest BCUT2D eigenvalue weighted by atomic mass is 16.4. The first-order valence-electron chi connectivity index (χ1n) is 8.00. The molecule has 20 heavy (non-hydrogen) atoms. The SMILES string of the molecule is Cc1nc(CN2CC3(CCCCC3)NCC2C)oc1C. The summed E-state index contributed by atoms with van der Waals surface area (Å²) in [6.07, 6.45) is 6.77. The van der Waals surface area contributed by atoms with Crippen LogP contribution in [0.25, 0.3) is 0 Å². The Hall–Kier alpha value is -0.870. The van der Waals surface area contributed by atoms with Gasteiger partial charge in [-0.05, 0) is 33.6 Å². The summed E-state index contributed by atoms with van der Waals surface area (Å²) in [6.45, 7) is 9.37. The lowest BCUT2D eigenvalue weighted by atomic mass is 9.79. The molecule has 4 nitrogen and oxygen atoms in total. The Kier molecular flexibility index (Phi) is 3.87. The summed E-state index contributed by atoms with van der Waals surface area (Å²) in [5, 5.41) is 3.82. The van der Waals surface area contributed by atoms with Gasteiger partial charge in [-0.25, -0.2) is 4.98 Å². The molecule has 1 aliphatic carbocycles. The van der Waals surface area contributed by atoms with E-state index in [0.717, 1.165) is 37.0 Å². The Bertz CT molecular complexity index is 443. The van der Waals surface area contributed by atoms with E-state index in [1.165, 1.54) is 32.1 Å². The molecule has 1 saturated carbocycles. The molecule has 0 bridgehead atoms. The smallest absolute Gasteiger partial charge is 0.208 e. The third-order valence-corrected chi connectivity index (χ3v) is 5.12. The van der Waals surface area contributed by atoms with Gasteiger partial charge in [0.15, 0.2) is 0 Å². The van der Waals surface area contributed by atoms with Crippen LogP contribution in [0.1, 0.15) is 56.4 Å². The fourth-order valence-electron chi connectivity index (χ4n) is 3.65. The summed E-state index contributed by atoms with van der Waals surface area (Å²) in [5.74, 6) is 1.83. The van der Waals surface area contributed by atoms with Crippen molar-refractivity contribution in [1.29, 1.82) is 0 Å². The summed E-state index contributed by atoms with van der Waals surface area (Å²) >= 11 is 0. The predicted molar refractivity (Wildman–Crippen MR) is 79.7 cm³/mol. The van der Waals surface area contributed by atoms with Gasteiger partial charge in [0.1, 0.15) is 5.76 Å². The van der Waals surface area contributed by atoms with Crippen LogP contribution in [0, 0.1) is 13.8 Å². The molecule has 0 amide bonds. The molecule has 0 radical (unpaired) electrons. The van der Waals surface area contributed by atoms with Crippen molar-refractivity contribution in [2.45, 2.75) is 71.0 Å². The quantitative estimate of drug-likeness (QED) is 0.902. The monoisotopic (exact) mass is 277 g/mol. The summed E-state index contributed by atoms with van der Waals surface area (Å²) in [4.78, 5) is 7.09. The van der Waals surface area contributed by atoms with Crippen LogP contribution in [0.3, 0.4) is 0 Å². The second kappa shape index (κ2) is 5.49. The second-order valence-electron chi connectivity index (χ2n) is 6.73. The van der Waals surface area contributed by atoms with Gasteiger partial charge in [-0.3, -0.25) is 4.90 Å². The first-order chi connectivity index (χ1) is 9.58. The van der Waals surface area contributed by atoms with Crippen LogP contribution in [-0.4, -0.2) is 34.6 Å². The molecule has 1 aromatic heterocycles. The number of oxazole rings is 1. The molecule has 1 unspecified atom stereocenters. The summed E-state index contributed by atoms with van der Waals surface area (Å²) < 4.78 is 5.77. The van der Waals surface area contributed by atoms with Gasteiger partial charge in [0.25, 0.3) is 0 Å². The molecular weight excluding hydrogens is 250 g/mol. The van der Waals surface area contributed by atoms with Crippen LogP contribution >= 0.6 is 0 Å². The van der Waals surface area contributed by atoms with Crippen molar-refractivity contribution in [3.8, 4) is 0 Å². The zero-order valence-corrected chi connectivity index (χ0v) is 13.0. The van der Waals surface area contributed by atoms with Crippen molar-refractivity contribution in [1.82, 2.24) is 15.2 Å². The van der Waals surface area contributed by atoms with Gasteiger partial charge in [0.05, 0.1) is 12.2 Å². The van der Waals surface area contributed by atoms with E-state index in [-0.39, 0.29) is 0 Å². The van der Waals surface area contributed by atoms with Crippen molar-refractivity contribution in [2.24, 2.45) is 0 Å². The summed E-state index contributed by atoms with van der Waals surface area (Å²) in [5.41, 5.74) is 1.37. The number of aryl methyl sites for hydroxylation is 2. The predicted octanol–water partition coefficient (Wildman–Crippen LogP) is 2.79. The van der Waals surface area contributed by atoms with Gasteiger partial charge >= 0.3 is 0 Å². The van der Waals surface area contributed by atoms with E-state index in [4.69, 9.17) is 4.42 Å². The van der Waals surface area contributed by atoms with Gasteiger partial charge in [-0.1, -0.05) is 19.3 Å². The van der Waals surface area contributed by atoms with Crippen molar-refractivity contribution >= 4 is 0 Å². The number of nitrogens with one attached hydrogen (secondary N) is 1. The van der Waals surface area contributed by atoms with E-state index in [9.17, 15) is 0 Å². The molecular formula is C16H27N3O. The maximum atomic E-state index is 5.77. The lowest BCUT2D eigenvalue weighted by Crippen LogP contribution is -2.63. The molecule has 2 heterocycles. The van der Waals surface area contributed by atoms with Gasteiger partial charge in [-0.2, -0.15) is 0 Å². The molecule has 2 aliphatic rings. The van der Waals surface area contributed by atoms with E-state index in [2.05, 4.69) is 22.1 Å². The van der Waals surface area contributed by atoms with E-state index in [1.807, 2.05) is 13.8 Å². The van der Waals surface area contributed by atoms with Crippen LogP contribution < -0.4 is 5.32 Å². The fraction of sp³-hybridized carbons (Fsp3) is 0.812. The van der Waals surface area contributed by atoms with E-state index >= 15 is 0 Å². The Morgan fingerprint density at radius 2 is 2.05 bits per heavy atom. The van der Waals surface area contributed by atoms with Crippen LogP contribution in [0.5, 0.6) is 0 Å². The minimum atomic E-state index is 0.349. The fourth-order valence-corrected chi connectivity index (χ4v) is 3.65. The average Bonchev–Trinajstić information content (AvgIpc) is 2.74. The Morgan fingerprint density at radius 1 is 1.30 bits per heavy atom. The van der Waals surface area contributed by atoms with Crippen molar-refractivity contribution in [3.05, 3.63) is 17.3 Å². The van der Waals surface area contributed by atoms with Crippen LogP contribution in [0.2, 0.25) is 0 Å². The molecule has 1 aromatic rings. The molecule has 3 rings (SSSR count). The molecule has 112 valence electrons. The highest BCUT2D eigenvalue weighted by Gasteiger charge is 2.38. The van der Waals surface area contributed by atoms with Crippen molar-refractivity contribution in [3.63, 3.8) is 0 Å². The molecule has 0 aromatic carbocycles. The first-order valence-corrected chi connectivity index (χ1v) is 8.00. The number of nitrogens with zero attached hydrogens (tertiary/aromatic N) is 2. The Balaban J connectivity index is 1.70. The van der Waals surface area contributed by atoms with Crippen molar-refractivity contribution in [2.75, 3.05) is 13.1 Å². The maximum Gasteiger partial charge on any atom is 0.208 e. The Morgan fingerprint density at radius 3 is 2.70 bits per heavy atom. The van der Waals surface area contributed by atoms with Gasteiger partial charge in [0.2, 0.25) is 5.89 Å². The maximum absolute atomic E-state index is 5.77. The van der Waals surface area contributed by atoms with Crippen LogP contribution in [-0.2, 0) is 6.54 Å². The third kappa shape index (κ3) is 2.77. The molecule has 4 heteroatoms. The molecule has 1 aliphatic heterocycles. The van der Waals surface area contributed by atoms with Crippen molar-refractivity contribution < 1.29 is 4.42 Å². The number of piperazine rings is 1. The topological polar surface area (TPSA) is 41.3 Å². The minimum Gasteiger partial charge on any atom is -0.444 e. The Labute approximate surface area is 121 Å². The standard InChI is InChI=1S/C16H27N3O/c1-12-9-17-16(7-5-4-6-8-16)11-19(12)10-15-18-13(2)14(3)20-15/h12,17H,4-11H2,1-3H3. The minimum absolute atomic E-state index is 0.349. The number of aromatic nitrogens is 1. The number of rotatable bonds is 2. The van der Waals surface area contributed by atoms with Gasteiger partial charge in [0, 0.05) is 24.7 Å². The largest absolute Gasteiger partial charge is 0.444 e. The lowest BCUT2D eigenvalue weighted by molar-refractivity contribution is 0.0512. The normalized spacial score (nSPS) is 27.1. The highest BCUT2D eigenvalue weighted by molar-refractivity contribution is 5.06. The van der Waals surface area contributed by atoms with E-state index in [0.29, 0.717) is 11.6 Å². The average molecular weight is 277 g/mol. The molecule has 1 spiro atoms. The van der Waals surface area contributed by atoms with Crippen LogP contribution in [0.4, 0.5) is 0 Å². The zero-order chi connectivity index (χ0) is 14.2. The lowest BCUT2D eigenvalue weighted by Gasteiger charge is -2.48. The highest BCUT2D eigenvalue weighted by Crippen LogP contribution is 2.32. The van der Waals surface area contributed by atoms with Crippen LogP contribution in [0.15, 0.2) is 4.42 Å². The second-order valence-corrected chi connectivity index (χ2v) is 6.73. The van der Waals surface area contributed by atoms with E-state index in [1.54, 1.807) is 0 Å². The van der Waals surface area contributed by atoms with Gasteiger partial charge in [-0.15, -0.1) is 0 Å². The van der Waals surface area contributed by atoms with Gasteiger partial charge < -0.3 is 9.73 Å². The summed E-state index contributed by atoms with van der Waals surface area (Å²) in [7, 11) is 0. The number of hydrogen-bond acceptors (Lipinski definition) is 4. The summed E-state index contributed by atoms with van der Waals surface area (Å²) in [6, 6.07) is 0.551. The molecule has 1 saturated heterocycles. The van der Waals surface area contributed by atoms with E-state index < -0.39 is 0 Å². The first kappa shape index (κ1) is 14.1. The molecule has 2 fully saturated rings. The third-order valence-electron chi connectivity index (χ3n) is 5.12. The zero-order valence-electron chi connectivity index (χ0n) is 13.0. The number of hydrogen-bond donors (Lipinski definition) is 1.